The Morgan fingerprint density at radius 2 is 1.89 bits per heavy atom. The van der Waals surface area contributed by atoms with Gasteiger partial charge < -0.3 is 9.64 Å². The largest absolute Gasteiger partial charge is 0.494 e. The Hall–Kier alpha value is -2.74. The molecule has 2 saturated heterocycles. The zero-order chi connectivity index (χ0) is 19.9. The highest BCUT2D eigenvalue weighted by Crippen LogP contribution is 2.23. The van der Waals surface area contributed by atoms with Gasteiger partial charge >= 0.3 is 6.03 Å². The van der Waals surface area contributed by atoms with Gasteiger partial charge in [-0.05, 0) is 50.5 Å². The molecule has 1 aromatic rings. The number of urea groups is 1. The number of hydrogen-bond donors (Lipinski definition) is 2. The number of amides is 4. The number of carbonyl (C=O) groups is 3. The van der Waals surface area contributed by atoms with Crippen molar-refractivity contribution in [2.75, 3.05) is 37.7 Å². The van der Waals surface area contributed by atoms with Gasteiger partial charge in [0.15, 0.2) is 5.92 Å². The molecule has 1 aromatic carbocycles. The summed E-state index contributed by atoms with van der Waals surface area (Å²) >= 11 is 0. The predicted octanol–water partition coefficient (Wildman–Crippen LogP) is 0.424. The van der Waals surface area contributed by atoms with E-state index in [-0.39, 0.29) is 0 Å². The molecule has 2 aliphatic heterocycles. The first-order chi connectivity index (χ1) is 13.6. The summed E-state index contributed by atoms with van der Waals surface area (Å²) < 4.78 is 5.37. The lowest BCUT2D eigenvalue weighted by Gasteiger charge is -2.28. The number of aliphatic imine (C=N–C) groups is 1. The fraction of sp³-hybridized carbons (Fsp3) is 0.500. The summed E-state index contributed by atoms with van der Waals surface area (Å²) in [6, 6.07) is 5.85. The molecular weight excluding hydrogens is 360 g/mol. The standard InChI is InChI=1S/C20H26N4O4/c1-2-28-16-8-6-15(7-9-16)24-19(26)17(18(25)22-20(24)27)14-21-10-13-23-11-4-3-5-12-23/h6-9,14,17H,2-5,10-13H2,1H3,(H,22,25,27)/p+1/t17-/m1/s1. The first-order valence-corrected chi connectivity index (χ1v) is 9.85. The zero-order valence-corrected chi connectivity index (χ0v) is 16.1. The van der Waals surface area contributed by atoms with Gasteiger partial charge in [0.05, 0.1) is 38.5 Å². The van der Waals surface area contributed by atoms with E-state index in [9.17, 15) is 14.4 Å². The number of imide groups is 2. The molecule has 0 bridgehead atoms. The van der Waals surface area contributed by atoms with Crippen molar-refractivity contribution in [3.05, 3.63) is 24.3 Å². The van der Waals surface area contributed by atoms with Crippen molar-refractivity contribution in [3.8, 4) is 5.75 Å². The third kappa shape index (κ3) is 4.75. The zero-order valence-electron chi connectivity index (χ0n) is 16.1. The maximum absolute atomic E-state index is 12.8. The van der Waals surface area contributed by atoms with E-state index < -0.39 is 23.8 Å². The molecule has 2 aliphatic rings. The Morgan fingerprint density at radius 3 is 2.57 bits per heavy atom. The van der Waals surface area contributed by atoms with E-state index >= 15 is 0 Å². The van der Waals surface area contributed by atoms with Crippen LogP contribution in [0.5, 0.6) is 5.75 Å². The Morgan fingerprint density at radius 1 is 1.18 bits per heavy atom. The fourth-order valence-corrected chi connectivity index (χ4v) is 3.53. The van der Waals surface area contributed by atoms with Crippen molar-refractivity contribution >= 4 is 29.7 Å². The molecule has 8 heteroatoms. The minimum atomic E-state index is -1.10. The highest BCUT2D eigenvalue weighted by atomic mass is 16.5. The average Bonchev–Trinajstić information content (AvgIpc) is 2.69. The van der Waals surface area contributed by atoms with E-state index in [0.717, 1.165) is 24.5 Å². The fourth-order valence-electron chi connectivity index (χ4n) is 3.53. The number of benzene rings is 1. The molecule has 1 atom stereocenters. The smallest absolute Gasteiger partial charge is 0.335 e. The quantitative estimate of drug-likeness (QED) is 0.524. The van der Waals surface area contributed by atoms with Gasteiger partial charge in [0.25, 0.3) is 5.91 Å². The van der Waals surface area contributed by atoms with Crippen LogP contribution in [0.1, 0.15) is 26.2 Å². The summed E-state index contributed by atoms with van der Waals surface area (Å²) in [6.45, 7) is 6.15. The minimum absolute atomic E-state index is 0.384. The number of anilines is 1. The molecule has 2 N–H and O–H groups in total. The number of likely N-dealkylation sites (tertiary alicyclic amines) is 1. The molecule has 0 spiro atoms. The van der Waals surface area contributed by atoms with E-state index in [1.807, 2.05) is 6.92 Å². The lowest BCUT2D eigenvalue weighted by Crippen LogP contribution is -3.13. The van der Waals surface area contributed by atoms with E-state index in [2.05, 4.69) is 10.3 Å². The summed E-state index contributed by atoms with van der Waals surface area (Å²) in [6.07, 6.45) is 5.14. The van der Waals surface area contributed by atoms with Crippen LogP contribution in [-0.2, 0) is 9.59 Å². The molecule has 0 aliphatic carbocycles. The van der Waals surface area contributed by atoms with Crippen LogP contribution >= 0.6 is 0 Å². The second-order valence-corrected chi connectivity index (χ2v) is 6.99. The van der Waals surface area contributed by atoms with Crippen LogP contribution in [0.3, 0.4) is 0 Å². The first-order valence-electron chi connectivity index (χ1n) is 9.85. The van der Waals surface area contributed by atoms with Crippen molar-refractivity contribution in [2.45, 2.75) is 26.2 Å². The van der Waals surface area contributed by atoms with E-state index in [1.54, 1.807) is 24.3 Å². The monoisotopic (exact) mass is 387 g/mol. The third-order valence-electron chi connectivity index (χ3n) is 5.02. The molecule has 0 aromatic heterocycles. The van der Waals surface area contributed by atoms with Gasteiger partial charge in [0.2, 0.25) is 5.91 Å². The van der Waals surface area contributed by atoms with Gasteiger partial charge in [-0.25, -0.2) is 9.69 Å². The first kappa shape index (κ1) is 20.0. The van der Waals surface area contributed by atoms with Crippen molar-refractivity contribution in [1.29, 1.82) is 0 Å². The lowest BCUT2D eigenvalue weighted by atomic mass is 10.1. The second kappa shape index (κ2) is 9.45. The van der Waals surface area contributed by atoms with Crippen molar-refractivity contribution in [3.63, 3.8) is 0 Å². The number of ether oxygens (including phenoxy) is 1. The van der Waals surface area contributed by atoms with Gasteiger partial charge in [0, 0.05) is 6.21 Å². The highest BCUT2D eigenvalue weighted by molar-refractivity contribution is 6.32. The Labute approximate surface area is 164 Å². The number of piperidine rings is 1. The van der Waals surface area contributed by atoms with E-state index in [0.29, 0.717) is 24.6 Å². The van der Waals surface area contributed by atoms with Crippen molar-refractivity contribution < 1.29 is 24.0 Å². The van der Waals surface area contributed by atoms with Gasteiger partial charge in [-0.15, -0.1) is 0 Å². The molecule has 3 rings (SSSR count). The molecule has 0 saturated carbocycles. The maximum Gasteiger partial charge on any atom is 0.335 e. The number of nitrogens with zero attached hydrogens (tertiary/aromatic N) is 2. The summed E-state index contributed by atoms with van der Waals surface area (Å²) in [5.41, 5.74) is 0.384. The molecule has 8 nitrogen and oxygen atoms in total. The number of barbiturate groups is 1. The van der Waals surface area contributed by atoms with Gasteiger partial charge in [0.1, 0.15) is 5.75 Å². The maximum atomic E-state index is 12.8. The number of nitrogens with one attached hydrogen (secondary N) is 2. The van der Waals surface area contributed by atoms with E-state index in [4.69, 9.17) is 4.74 Å². The number of hydrogen-bond acceptors (Lipinski definition) is 5. The number of rotatable bonds is 7. The van der Waals surface area contributed by atoms with Crippen LogP contribution in [0.4, 0.5) is 10.5 Å². The Balaban J connectivity index is 1.64. The Kier molecular flexibility index (Phi) is 6.76. The van der Waals surface area contributed by atoms with E-state index in [1.165, 1.54) is 30.4 Å². The van der Waals surface area contributed by atoms with Gasteiger partial charge in [-0.3, -0.25) is 19.9 Å². The SMILES string of the molecule is CCOc1ccc(N2C(=O)NC(=O)[C@@H](C=NCC[NH+]3CCCCC3)C2=O)cc1. The average molecular weight is 387 g/mol. The summed E-state index contributed by atoms with van der Waals surface area (Å²) in [5, 5.41) is 2.24. The summed E-state index contributed by atoms with van der Waals surface area (Å²) in [7, 11) is 0. The lowest BCUT2D eigenvalue weighted by molar-refractivity contribution is -0.903. The van der Waals surface area contributed by atoms with Crippen LogP contribution in [0.15, 0.2) is 29.3 Å². The molecule has 0 radical (unpaired) electrons. The second-order valence-electron chi connectivity index (χ2n) is 6.99. The minimum Gasteiger partial charge on any atom is -0.494 e. The Bertz CT molecular complexity index is 741. The van der Waals surface area contributed by atoms with Crippen LogP contribution in [0.2, 0.25) is 0 Å². The van der Waals surface area contributed by atoms with Crippen molar-refractivity contribution in [2.24, 2.45) is 10.9 Å². The molecule has 2 fully saturated rings. The number of quaternary nitrogens is 1. The molecule has 28 heavy (non-hydrogen) atoms. The molecule has 150 valence electrons. The summed E-state index contributed by atoms with van der Waals surface area (Å²) in [4.78, 5) is 43.9. The molecule has 4 amide bonds. The van der Waals surface area contributed by atoms with Crippen LogP contribution < -0.4 is 19.9 Å². The van der Waals surface area contributed by atoms with Crippen LogP contribution in [0, 0.1) is 5.92 Å². The molecular formula is C20H27N4O4+. The van der Waals surface area contributed by atoms with Gasteiger partial charge in [-0.1, -0.05) is 0 Å². The number of carbonyl (C=O) groups excluding carboxylic acids is 3. The molecule has 2 heterocycles. The highest BCUT2D eigenvalue weighted by Gasteiger charge is 2.40. The van der Waals surface area contributed by atoms with Crippen molar-refractivity contribution in [1.82, 2.24) is 5.32 Å². The normalized spacial score (nSPS) is 21.2. The van der Waals surface area contributed by atoms with Gasteiger partial charge in [-0.2, -0.15) is 0 Å². The predicted molar refractivity (Wildman–Crippen MR) is 105 cm³/mol. The summed E-state index contributed by atoms with van der Waals surface area (Å²) in [5.74, 6) is -1.68. The molecule has 0 unspecified atom stereocenters. The third-order valence-corrected chi connectivity index (χ3v) is 5.02. The van der Waals surface area contributed by atoms with Crippen LogP contribution in [0.25, 0.3) is 0 Å². The topological polar surface area (TPSA) is 92.5 Å². The van der Waals surface area contributed by atoms with Crippen LogP contribution in [-0.4, -0.2) is 56.8 Å².